The summed E-state index contributed by atoms with van der Waals surface area (Å²) < 4.78 is 23.3. The van der Waals surface area contributed by atoms with Gasteiger partial charge >= 0.3 is 0 Å². The van der Waals surface area contributed by atoms with Crippen molar-refractivity contribution in [3.63, 3.8) is 0 Å². The number of pyridine rings is 1. The van der Waals surface area contributed by atoms with E-state index in [0.29, 0.717) is 5.69 Å². The fourth-order valence-corrected chi connectivity index (χ4v) is 3.59. The van der Waals surface area contributed by atoms with E-state index in [0.717, 1.165) is 23.8 Å². The molecule has 1 aromatic carbocycles. The fraction of sp³-hybridized carbons (Fsp3) is 0.294. The normalized spacial score (nSPS) is 11.2. The maximum atomic E-state index is 12.3. The minimum atomic E-state index is -3.86. The molecule has 0 fully saturated rings. The van der Waals surface area contributed by atoms with E-state index in [9.17, 15) is 13.2 Å². The van der Waals surface area contributed by atoms with E-state index in [1.807, 2.05) is 30.9 Å². The van der Waals surface area contributed by atoms with Crippen molar-refractivity contribution in [2.24, 2.45) is 5.14 Å². The Morgan fingerprint density at radius 1 is 1.23 bits per heavy atom. The SMILES string of the molecule is CCN(CC)c1ccc(S(N)(=O)=O)cc1NC(=O)CSc1ccccn1. The number of rotatable bonds is 8. The second-order valence-electron chi connectivity index (χ2n) is 5.40. The van der Waals surface area contributed by atoms with Gasteiger partial charge in [0.1, 0.15) is 0 Å². The average Bonchev–Trinajstić information content (AvgIpc) is 2.62. The van der Waals surface area contributed by atoms with Gasteiger partial charge in [0.25, 0.3) is 0 Å². The smallest absolute Gasteiger partial charge is 0.238 e. The zero-order valence-corrected chi connectivity index (χ0v) is 16.3. The number of thioether (sulfide) groups is 1. The third-order valence-corrected chi connectivity index (χ3v) is 5.52. The first-order valence-electron chi connectivity index (χ1n) is 8.10. The molecule has 0 bridgehead atoms. The van der Waals surface area contributed by atoms with E-state index in [1.165, 1.54) is 23.9 Å². The monoisotopic (exact) mass is 394 g/mol. The van der Waals surface area contributed by atoms with Gasteiger partial charge in [-0.1, -0.05) is 17.8 Å². The lowest BCUT2D eigenvalue weighted by molar-refractivity contribution is -0.113. The van der Waals surface area contributed by atoms with Gasteiger partial charge in [-0.15, -0.1) is 0 Å². The van der Waals surface area contributed by atoms with Crippen LogP contribution in [-0.2, 0) is 14.8 Å². The molecule has 0 aliphatic rings. The summed E-state index contributed by atoms with van der Waals surface area (Å²) in [5, 5.41) is 8.75. The molecule has 0 atom stereocenters. The van der Waals surface area contributed by atoms with Gasteiger partial charge in [0.05, 0.1) is 27.0 Å². The molecule has 0 unspecified atom stereocenters. The Morgan fingerprint density at radius 2 is 1.96 bits per heavy atom. The highest BCUT2D eigenvalue weighted by Gasteiger charge is 2.16. The second-order valence-corrected chi connectivity index (χ2v) is 7.96. The lowest BCUT2D eigenvalue weighted by atomic mass is 10.2. The highest BCUT2D eigenvalue weighted by Crippen LogP contribution is 2.29. The summed E-state index contributed by atoms with van der Waals surface area (Å²) >= 11 is 1.30. The number of nitrogens with two attached hydrogens (primary N) is 1. The molecule has 0 aliphatic carbocycles. The molecule has 26 heavy (non-hydrogen) atoms. The van der Waals surface area contributed by atoms with E-state index >= 15 is 0 Å². The number of nitrogens with one attached hydrogen (secondary N) is 1. The Labute approximate surface area is 158 Å². The van der Waals surface area contributed by atoms with Crippen LogP contribution < -0.4 is 15.4 Å². The van der Waals surface area contributed by atoms with Gasteiger partial charge in [0.15, 0.2) is 0 Å². The van der Waals surface area contributed by atoms with Crippen molar-refractivity contribution in [1.29, 1.82) is 0 Å². The Balaban J connectivity index is 2.22. The second kappa shape index (κ2) is 9.02. The lowest BCUT2D eigenvalue weighted by Gasteiger charge is -2.24. The number of carbonyl (C=O) groups excluding carboxylic acids is 1. The average molecular weight is 395 g/mol. The number of amides is 1. The third-order valence-electron chi connectivity index (χ3n) is 3.66. The molecule has 0 radical (unpaired) electrons. The first-order valence-corrected chi connectivity index (χ1v) is 10.6. The minimum Gasteiger partial charge on any atom is -0.370 e. The molecule has 140 valence electrons. The van der Waals surface area contributed by atoms with E-state index in [4.69, 9.17) is 5.14 Å². The number of anilines is 2. The van der Waals surface area contributed by atoms with Crippen molar-refractivity contribution in [2.75, 3.05) is 29.1 Å². The number of hydrogen-bond acceptors (Lipinski definition) is 6. The number of nitrogens with zero attached hydrogens (tertiary/aromatic N) is 2. The largest absolute Gasteiger partial charge is 0.370 e. The number of aromatic nitrogens is 1. The minimum absolute atomic E-state index is 0.0407. The molecule has 3 N–H and O–H groups in total. The first-order chi connectivity index (χ1) is 12.3. The molecular weight excluding hydrogens is 372 g/mol. The summed E-state index contributed by atoms with van der Waals surface area (Å²) in [6.45, 7) is 5.41. The summed E-state index contributed by atoms with van der Waals surface area (Å²) in [5.74, 6) is -0.0884. The molecule has 2 rings (SSSR count). The zero-order chi connectivity index (χ0) is 19.2. The highest BCUT2D eigenvalue weighted by atomic mass is 32.2. The summed E-state index contributed by atoms with van der Waals surface area (Å²) in [6, 6.07) is 9.98. The molecule has 1 aromatic heterocycles. The van der Waals surface area contributed by atoms with Crippen molar-refractivity contribution in [3.05, 3.63) is 42.6 Å². The van der Waals surface area contributed by atoms with Gasteiger partial charge in [-0.3, -0.25) is 4.79 Å². The molecule has 0 aliphatic heterocycles. The van der Waals surface area contributed by atoms with Gasteiger partial charge < -0.3 is 10.2 Å². The molecule has 1 amide bonds. The van der Waals surface area contributed by atoms with E-state index in [-0.39, 0.29) is 16.6 Å². The summed E-state index contributed by atoms with van der Waals surface area (Å²) in [5.41, 5.74) is 1.17. The van der Waals surface area contributed by atoms with Crippen molar-refractivity contribution in [2.45, 2.75) is 23.8 Å². The maximum Gasteiger partial charge on any atom is 0.238 e. The number of primary sulfonamides is 1. The molecular formula is C17H22N4O3S2. The van der Waals surface area contributed by atoms with Crippen molar-refractivity contribution < 1.29 is 13.2 Å². The van der Waals surface area contributed by atoms with E-state index < -0.39 is 10.0 Å². The van der Waals surface area contributed by atoms with Crippen LogP contribution in [0.15, 0.2) is 52.5 Å². The van der Waals surface area contributed by atoms with Crippen LogP contribution in [0.1, 0.15) is 13.8 Å². The van der Waals surface area contributed by atoms with Crippen molar-refractivity contribution >= 4 is 39.1 Å². The van der Waals surface area contributed by atoms with Gasteiger partial charge in [-0.2, -0.15) is 0 Å². The van der Waals surface area contributed by atoms with Gasteiger partial charge in [-0.25, -0.2) is 18.5 Å². The van der Waals surface area contributed by atoms with Crippen LogP contribution in [0.5, 0.6) is 0 Å². The third kappa shape index (κ3) is 5.45. The fourth-order valence-electron chi connectivity index (χ4n) is 2.39. The van der Waals surface area contributed by atoms with Gasteiger partial charge in [0.2, 0.25) is 15.9 Å². The van der Waals surface area contributed by atoms with Crippen LogP contribution in [0.2, 0.25) is 0 Å². The molecule has 7 nitrogen and oxygen atoms in total. The molecule has 0 spiro atoms. The van der Waals surface area contributed by atoms with E-state index in [1.54, 1.807) is 18.3 Å². The summed E-state index contributed by atoms with van der Waals surface area (Å²) in [7, 11) is -3.86. The van der Waals surface area contributed by atoms with Crippen LogP contribution in [0.3, 0.4) is 0 Å². The predicted molar refractivity (Wildman–Crippen MR) is 105 cm³/mol. The molecule has 1 heterocycles. The lowest BCUT2D eigenvalue weighted by Crippen LogP contribution is -2.25. The maximum absolute atomic E-state index is 12.3. The van der Waals surface area contributed by atoms with Gasteiger partial charge in [-0.05, 0) is 44.2 Å². The van der Waals surface area contributed by atoms with E-state index in [2.05, 4.69) is 10.3 Å². The highest BCUT2D eigenvalue weighted by molar-refractivity contribution is 7.99. The quantitative estimate of drug-likeness (QED) is 0.666. The van der Waals surface area contributed by atoms with Crippen LogP contribution in [0.25, 0.3) is 0 Å². The zero-order valence-electron chi connectivity index (χ0n) is 14.7. The topological polar surface area (TPSA) is 105 Å². The molecule has 0 saturated heterocycles. The molecule has 0 saturated carbocycles. The van der Waals surface area contributed by atoms with Crippen molar-refractivity contribution in [1.82, 2.24) is 4.98 Å². The Kier molecular flexibility index (Phi) is 7.01. The number of benzene rings is 1. The Bertz CT molecular complexity index is 854. The van der Waals surface area contributed by atoms with Crippen LogP contribution in [0, 0.1) is 0 Å². The molecule has 9 heteroatoms. The summed E-state index contributed by atoms with van der Waals surface area (Å²) in [4.78, 5) is 18.5. The van der Waals surface area contributed by atoms with Crippen molar-refractivity contribution in [3.8, 4) is 0 Å². The first kappa shape index (κ1) is 20.2. The number of carbonyl (C=O) groups is 1. The predicted octanol–water partition coefficient (Wildman–Crippen LogP) is 2.31. The Morgan fingerprint density at radius 3 is 2.54 bits per heavy atom. The van der Waals surface area contributed by atoms with Gasteiger partial charge in [0, 0.05) is 19.3 Å². The Hall–Kier alpha value is -2.10. The summed E-state index contributed by atoms with van der Waals surface area (Å²) in [6.07, 6.45) is 1.66. The van der Waals surface area contributed by atoms with Crippen LogP contribution >= 0.6 is 11.8 Å². The van der Waals surface area contributed by atoms with Crippen LogP contribution in [0.4, 0.5) is 11.4 Å². The number of sulfonamides is 1. The van der Waals surface area contributed by atoms with Crippen LogP contribution in [-0.4, -0.2) is 38.2 Å². The standard InChI is InChI=1S/C17H22N4O3S2/c1-3-21(4-2)15-9-8-13(26(18,23)24)11-14(15)20-16(22)12-25-17-7-5-6-10-19-17/h5-11H,3-4,12H2,1-2H3,(H,20,22)(H2,18,23,24). The number of hydrogen-bond donors (Lipinski definition) is 2. The molecule has 2 aromatic rings.